The van der Waals surface area contributed by atoms with Crippen LogP contribution in [0.3, 0.4) is 0 Å². The molecule has 1 fully saturated rings. The molecule has 7 heteroatoms. The summed E-state index contributed by atoms with van der Waals surface area (Å²) in [7, 11) is 0. The van der Waals surface area contributed by atoms with Gasteiger partial charge < -0.3 is 14.8 Å². The highest BCUT2D eigenvalue weighted by atomic mass is 16.2. The maximum absolute atomic E-state index is 13.1. The van der Waals surface area contributed by atoms with E-state index in [2.05, 4.69) is 17.2 Å². The maximum Gasteiger partial charge on any atom is 0.251 e. The SMILES string of the molecule is CC(NC(=O)c1ccncc1)c1nc2ccccc2n1CC(=O)N1CCCCC1C. The van der Waals surface area contributed by atoms with Crippen LogP contribution in [-0.4, -0.2) is 43.8 Å². The molecule has 30 heavy (non-hydrogen) atoms. The van der Waals surface area contributed by atoms with Crippen molar-refractivity contribution >= 4 is 22.8 Å². The predicted octanol–water partition coefficient (Wildman–Crippen LogP) is 3.32. The van der Waals surface area contributed by atoms with Crippen LogP contribution in [0.25, 0.3) is 11.0 Å². The number of hydrogen-bond acceptors (Lipinski definition) is 4. The Hall–Kier alpha value is -3.22. The Morgan fingerprint density at radius 3 is 2.70 bits per heavy atom. The van der Waals surface area contributed by atoms with Crippen LogP contribution in [0.1, 0.15) is 55.3 Å². The Labute approximate surface area is 176 Å². The molecule has 1 saturated heterocycles. The molecule has 1 aromatic carbocycles. The van der Waals surface area contributed by atoms with Crippen LogP contribution in [0.2, 0.25) is 0 Å². The molecular weight excluding hydrogens is 378 g/mol. The molecule has 0 bridgehead atoms. The molecule has 1 N–H and O–H groups in total. The maximum atomic E-state index is 13.1. The van der Waals surface area contributed by atoms with Gasteiger partial charge in [0.05, 0.1) is 17.1 Å². The summed E-state index contributed by atoms with van der Waals surface area (Å²) in [6.45, 7) is 5.03. The second-order valence-electron chi connectivity index (χ2n) is 7.91. The van der Waals surface area contributed by atoms with Crippen molar-refractivity contribution in [2.75, 3.05) is 6.54 Å². The molecular formula is C23H27N5O2. The number of likely N-dealkylation sites (tertiary alicyclic amines) is 1. The number of nitrogens with zero attached hydrogens (tertiary/aromatic N) is 4. The number of piperidine rings is 1. The highest BCUT2D eigenvalue weighted by Crippen LogP contribution is 2.23. The highest BCUT2D eigenvalue weighted by molar-refractivity contribution is 5.94. The molecule has 2 aromatic heterocycles. The predicted molar refractivity (Wildman–Crippen MR) is 115 cm³/mol. The van der Waals surface area contributed by atoms with Gasteiger partial charge in [0.1, 0.15) is 12.4 Å². The lowest BCUT2D eigenvalue weighted by Crippen LogP contribution is -2.44. The molecule has 0 aliphatic carbocycles. The fraction of sp³-hybridized carbons (Fsp3) is 0.391. The minimum absolute atomic E-state index is 0.0965. The van der Waals surface area contributed by atoms with E-state index in [0.29, 0.717) is 11.4 Å². The Balaban J connectivity index is 1.61. The van der Waals surface area contributed by atoms with Crippen LogP contribution in [0, 0.1) is 0 Å². The van der Waals surface area contributed by atoms with E-state index in [1.165, 1.54) is 6.42 Å². The summed E-state index contributed by atoms with van der Waals surface area (Å²) in [5.74, 6) is 0.579. The summed E-state index contributed by atoms with van der Waals surface area (Å²) in [5.41, 5.74) is 2.25. The number of fused-ring (bicyclic) bond motifs is 1. The number of aromatic nitrogens is 3. The number of benzene rings is 1. The number of hydrogen-bond donors (Lipinski definition) is 1. The molecule has 0 spiro atoms. The third kappa shape index (κ3) is 4.06. The van der Waals surface area contributed by atoms with Crippen LogP contribution in [-0.2, 0) is 11.3 Å². The summed E-state index contributed by atoms with van der Waals surface area (Å²) in [6.07, 6.45) is 6.44. The normalized spacial score (nSPS) is 17.7. The van der Waals surface area contributed by atoms with Crippen molar-refractivity contribution in [2.45, 2.75) is 51.7 Å². The Morgan fingerprint density at radius 1 is 1.17 bits per heavy atom. The van der Waals surface area contributed by atoms with Gasteiger partial charge in [-0.3, -0.25) is 14.6 Å². The second kappa shape index (κ2) is 8.65. The highest BCUT2D eigenvalue weighted by Gasteiger charge is 2.26. The van der Waals surface area contributed by atoms with Gasteiger partial charge in [0.15, 0.2) is 0 Å². The van der Waals surface area contributed by atoms with Crippen LogP contribution in [0.4, 0.5) is 0 Å². The second-order valence-corrected chi connectivity index (χ2v) is 7.91. The number of imidazole rings is 1. The topological polar surface area (TPSA) is 80.1 Å². The van der Waals surface area contributed by atoms with Gasteiger partial charge in [-0.15, -0.1) is 0 Å². The number of carbonyl (C=O) groups is 2. The van der Waals surface area contributed by atoms with Gasteiger partial charge in [-0.2, -0.15) is 0 Å². The zero-order valence-electron chi connectivity index (χ0n) is 17.4. The lowest BCUT2D eigenvalue weighted by atomic mass is 10.0. The van der Waals surface area contributed by atoms with Gasteiger partial charge in [-0.05, 0) is 57.4 Å². The molecule has 1 aliphatic rings. The Morgan fingerprint density at radius 2 is 1.93 bits per heavy atom. The Kier molecular flexibility index (Phi) is 5.79. The van der Waals surface area contributed by atoms with Gasteiger partial charge in [0.2, 0.25) is 5.91 Å². The largest absolute Gasteiger partial charge is 0.342 e. The fourth-order valence-corrected chi connectivity index (χ4v) is 4.13. The van der Waals surface area contributed by atoms with Crippen molar-refractivity contribution in [3.63, 3.8) is 0 Å². The first-order valence-electron chi connectivity index (χ1n) is 10.5. The number of amides is 2. The fourth-order valence-electron chi connectivity index (χ4n) is 4.13. The van der Waals surface area contributed by atoms with Crippen molar-refractivity contribution in [3.8, 4) is 0 Å². The summed E-state index contributed by atoms with van der Waals surface area (Å²) in [5, 5.41) is 3.00. The molecule has 2 unspecified atom stereocenters. The van der Waals surface area contributed by atoms with Crippen LogP contribution >= 0.6 is 0 Å². The van der Waals surface area contributed by atoms with E-state index < -0.39 is 0 Å². The summed E-state index contributed by atoms with van der Waals surface area (Å²) in [4.78, 5) is 36.4. The molecule has 3 aromatic rings. The van der Waals surface area contributed by atoms with Gasteiger partial charge >= 0.3 is 0 Å². The molecule has 0 saturated carbocycles. The molecule has 7 nitrogen and oxygen atoms in total. The van der Waals surface area contributed by atoms with Crippen molar-refractivity contribution < 1.29 is 9.59 Å². The monoisotopic (exact) mass is 405 g/mol. The van der Waals surface area contributed by atoms with E-state index in [1.807, 2.05) is 40.7 Å². The number of para-hydroxylation sites is 2. The summed E-state index contributed by atoms with van der Waals surface area (Å²) < 4.78 is 1.94. The van der Waals surface area contributed by atoms with Crippen molar-refractivity contribution in [1.29, 1.82) is 0 Å². The zero-order chi connectivity index (χ0) is 21.1. The first-order valence-corrected chi connectivity index (χ1v) is 10.5. The van der Waals surface area contributed by atoms with Gasteiger partial charge in [-0.25, -0.2) is 4.98 Å². The molecule has 156 valence electrons. The average Bonchev–Trinajstić information content (AvgIpc) is 3.13. The van der Waals surface area contributed by atoms with Gasteiger partial charge in [0, 0.05) is 30.5 Å². The molecule has 2 amide bonds. The lowest BCUT2D eigenvalue weighted by Gasteiger charge is -2.33. The molecule has 0 radical (unpaired) electrons. The standard InChI is InChI=1S/C23H27N5O2/c1-16-7-5-6-14-27(16)21(29)15-28-20-9-4-3-8-19(20)26-22(28)17(2)25-23(30)18-10-12-24-13-11-18/h3-4,8-13,16-17H,5-7,14-15H2,1-2H3,(H,25,30). The van der Waals surface area contributed by atoms with Crippen LogP contribution < -0.4 is 5.32 Å². The smallest absolute Gasteiger partial charge is 0.251 e. The van der Waals surface area contributed by atoms with Crippen molar-refractivity contribution in [3.05, 3.63) is 60.2 Å². The molecule has 3 heterocycles. The quantitative estimate of drug-likeness (QED) is 0.706. The van der Waals surface area contributed by atoms with Crippen molar-refractivity contribution in [2.24, 2.45) is 0 Å². The first-order chi connectivity index (χ1) is 14.5. The zero-order valence-corrected chi connectivity index (χ0v) is 17.4. The third-order valence-corrected chi connectivity index (χ3v) is 5.78. The van der Waals surface area contributed by atoms with E-state index in [9.17, 15) is 9.59 Å². The summed E-state index contributed by atoms with van der Waals surface area (Å²) >= 11 is 0. The van der Waals surface area contributed by atoms with Gasteiger partial charge in [0.25, 0.3) is 5.91 Å². The van der Waals surface area contributed by atoms with E-state index >= 15 is 0 Å². The van der Waals surface area contributed by atoms with E-state index in [4.69, 9.17) is 4.98 Å². The molecule has 1 aliphatic heterocycles. The first kappa shape index (κ1) is 20.1. The van der Waals surface area contributed by atoms with E-state index in [1.54, 1.807) is 24.5 Å². The summed E-state index contributed by atoms with van der Waals surface area (Å²) in [6, 6.07) is 11.0. The number of nitrogens with one attached hydrogen (secondary N) is 1. The van der Waals surface area contributed by atoms with Crippen LogP contribution in [0.15, 0.2) is 48.8 Å². The minimum Gasteiger partial charge on any atom is -0.342 e. The molecule has 2 atom stereocenters. The molecule has 4 rings (SSSR count). The number of rotatable bonds is 5. The lowest BCUT2D eigenvalue weighted by molar-refractivity contribution is -0.135. The number of carbonyl (C=O) groups excluding carboxylic acids is 2. The minimum atomic E-state index is -0.357. The average molecular weight is 406 g/mol. The van der Waals surface area contributed by atoms with Gasteiger partial charge in [-0.1, -0.05) is 12.1 Å². The van der Waals surface area contributed by atoms with Crippen LogP contribution in [0.5, 0.6) is 0 Å². The number of pyridine rings is 1. The van der Waals surface area contributed by atoms with Crippen molar-refractivity contribution in [1.82, 2.24) is 24.8 Å². The Bertz CT molecular complexity index is 1050. The van der Waals surface area contributed by atoms with E-state index in [-0.39, 0.29) is 30.4 Å². The van der Waals surface area contributed by atoms with E-state index in [0.717, 1.165) is 30.4 Å². The third-order valence-electron chi connectivity index (χ3n) is 5.78.